The van der Waals surface area contributed by atoms with Crippen molar-refractivity contribution in [3.63, 3.8) is 0 Å². The van der Waals surface area contributed by atoms with Gasteiger partial charge in [-0.2, -0.15) is 0 Å². The van der Waals surface area contributed by atoms with Gasteiger partial charge in [0.15, 0.2) is 0 Å². The maximum atomic E-state index is 11.5. The first-order valence-corrected chi connectivity index (χ1v) is 5.32. The van der Waals surface area contributed by atoms with Gasteiger partial charge in [-0.25, -0.2) is 0 Å². The lowest BCUT2D eigenvalue weighted by atomic mass is 9.74. The summed E-state index contributed by atoms with van der Waals surface area (Å²) in [6.45, 7) is 0.651. The first-order valence-electron chi connectivity index (χ1n) is 5.32. The Morgan fingerprint density at radius 1 is 1.40 bits per heavy atom. The van der Waals surface area contributed by atoms with Crippen LogP contribution in [-0.2, 0) is 9.59 Å². The second-order valence-electron chi connectivity index (χ2n) is 4.18. The van der Waals surface area contributed by atoms with Crippen molar-refractivity contribution in [2.75, 3.05) is 13.6 Å². The van der Waals surface area contributed by atoms with Crippen molar-refractivity contribution in [1.82, 2.24) is 10.6 Å². The lowest BCUT2D eigenvalue weighted by Gasteiger charge is -2.41. The number of hydrogen-bond acceptors (Lipinski definition) is 3. The molecule has 1 aliphatic rings. The van der Waals surface area contributed by atoms with Crippen LogP contribution in [0.2, 0.25) is 0 Å². The molecule has 1 fully saturated rings. The van der Waals surface area contributed by atoms with Crippen LogP contribution in [0.5, 0.6) is 0 Å². The van der Waals surface area contributed by atoms with Gasteiger partial charge >= 0.3 is 0 Å². The van der Waals surface area contributed by atoms with E-state index in [1.165, 1.54) is 0 Å². The molecule has 0 bridgehead atoms. The molecule has 1 aliphatic carbocycles. The number of rotatable bonds is 6. The molecular weight excluding hydrogens is 194 g/mol. The van der Waals surface area contributed by atoms with Crippen LogP contribution in [0.1, 0.15) is 32.1 Å². The number of hydrogen-bond donors (Lipinski definition) is 3. The molecule has 0 aromatic rings. The first-order chi connectivity index (χ1) is 7.08. The Bertz CT molecular complexity index is 249. The molecule has 0 radical (unpaired) electrons. The van der Waals surface area contributed by atoms with E-state index in [9.17, 15) is 9.59 Å². The summed E-state index contributed by atoms with van der Waals surface area (Å²) in [5.74, 6) is -0.353. The van der Waals surface area contributed by atoms with E-state index in [0.717, 1.165) is 19.3 Å². The van der Waals surface area contributed by atoms with Crippen LogP contribution in [0.15, 0.2) is 0 Å². The zero-order valence-corrected chi connectivity index (χ0v) is 9.14. The predicted octanol–water partition coefficient (Wildman–Crippen LogP) is -0.490. The van der Waals surface area contributed by atoms with Crippen molar-refractivity contribution in [1.29, 1.82) is 0 Å². The molecular formula is C10H19N3O2. The Labute approximate surface area is 89.8 Å². The highest BCUT2D eigenvalue weighted by Gasteiger charge is 2.39. The quantitative estimate of drug-likeness (QED) is 0.556. The third-order valence-corrected chi connectivity index (χ3v) is 2.83. The Morgan fingerprint density at radius 2 is 2.07 bits per heavy atom. The maximum Gasteiger partial charge on any atom is 0.221 e. The van der Waals surface area contributed by atoms with Crippen molar-refractivity contribution in [3.05, 3.63) is 0 Å². The lowest BCUT2D eigenvalue weighted by molar-refractivity contribution is -0.126. The summed E-state index contributed by atoms with van der Waals surface area (Å²) in [5, 5.41) is 5.82. The van der Waals surface area contributed by atoms with Crippen LogP contribution in [0, 0.1) is 0 Å². The molecule has 0 aromatic carbocycles. The second-order valence-corrected chi connectivity index (χ2v) is 4.18. The molecule has 2 amide bonds. The van der Waals surface area contributed by atoms with E-state index in [1.54, 1.807) is 7.05 Å². The molecule has 0 atom stereocenters. The Morgan fingerprint density at radius 3 is 2.47 bits per heavy atom. The van der Waals surface area contributed by atoms with Gasteiger partial charge in [-0.15, -0.1) is 0 Å². The SMILES string of the molecule is CNCCC(=O)NC1(CC(N)=O)CCC1. The average molecular weight is 213 g/mol. The second kappa shape index (κ2) is 5.11. The molecule has 0 heterocycles. The van der Waals surface area contributed by atoms with Gasteiger partial charge < -0.3 is 16.4 Å². The summed E-state index contributed by atoms with van der Waals surface area (Å²) in [6.07, 6.45) is 3.48. The summed E-state index contributed by atoms with van der Waals surface area (Å²) in [7, 11) is 1.80. The number of carbonyl (C=O) groups excluding carboxylic acids is 2. The van der Waals surface area contributed by atoms with Gasteiger partial charge in [-0.1, -0.05) is 0 Å². The minimum absolute atomic E-state index is 0.00898. The minimum Gasteiger partial charge on any atom is -0.370 e. The van der Waals surface area contributed by atoms with Crippen LogP contribution in [0.25, 0.3) is 0 Å². The Hall–Kier alpha value is -1.10. The summed E-state index contributed by atoms with van der Waals surface area (Å²) < 4.78 is 0. The Balaban J connectivity index is 2.38. The highest BCUT2D eigenvalue weighted by Crippen LogP contribution is 2.34. The third kappa shape index (κ3) is 3.51. The zero-order chi connectivity index (χ0) is 11.3. The molecule has 1 saturated carbocycles. The first kappa shape index (κ1) is 12.0. The van der Waals surface area contributed by atoms with Gasteiger partial charge in [0, 0.05) is 24.9 Å². The molecule has 0 saturated heterocycles. The molecule has 0 aromatic heterocycles. The van der Waals surface area contributed by atoms with Crippen molar-refractivity contribution in [2.45, 2.75) is 37.6 Å². The van der Waals surface area contributed by atoms with Crippen molar-refractivity contribution < 1.29 is 9.59 Å². The largest absolute Gasteiger partial charge is 0.370 e. The summed E-state index contributed by atoms with van der Waals surface area (Å²) in [5.41, 5.74) is 4.82. The van der Waals surface area contributed by atoms with Gasteiger partial charge in [0.2, 0.25) is 11.8 Å². The van der Waals surface area contributed by atoms with E-state index < -0.39 is 0 Å². The fraction of sp³-hybridized carbons (Fsp3) is 0.800. The highest BCUT2D eigenvalue weighted by atomic mass is 16.2. The molecule has 5 nitrogen and oxygen atoms in total. The number of nitrogens with two attached hydrogens (primary N) is 1. The summed E-state index contributed by atoms with van der Waals surface area (Å²) in [6, 6.07) is 0. The van der Waals surface area contributed by atoms with E-state index in [1.807, 2.05) is 0 Å². The van der Waals surface area contributed by atoms with Crippen LogP contribution in [0.4, 0.5) is 0 Å². The fourth-order valence-corrected chi connectivity index (χ4v) is 1.88. The van der Waals surface area contributed by atoms with Crippen molar-refractivity contribution in [3.8, 4) is 0 Å². The van der Waals surface area contributed by atoms with Crippen LogP contribution in [0.3, 0.4) is 0 Å². The van der Waals surface area contributed by atoms with E-state index in [2.05, 4.69) is 10.6 Å². The molecule has 0 unspecified atom stereocenters. The van der Waals surface area contributed by atoms with E-state index in [4.69, 9.17) is 5.73 Å². The summed E-state index contributed by atoms with van der Waals surface area (Å²) >= 11 is 0. The van der Waals surface area contributed by atoms with Crippen molar-refractivity contribution in [2.24, 2.45) is 5.73 Å². The standard InChI is InChI=1S/C10H19N3O2/c1-12-6-3-9(15)13-10(4-2-5-10)7-8(11)14/h12H,2-7H2,1H3,(H2,11,14)(H,13,15). The van der Waals surface area contributed by atoms with E-state index in [0.29, 0.717) is 13.0 Å². The van der Waals surface area contributed by atoms with Crippen LogP contribution >= 0.6 is 0 Å². The monoisotopic (exact) mass is 213 g/mol. The van der Waals surface area contributed by atoms with Gasteiger partial charge in [0.25, 0.3) is 0 Å². The van der Waals surface area contributed by atoms with Crippen LogP contribution in [-0.4, -0.2) is 30.9 Å². The number of nitrogens with one attached hydrogen (secondary N) is 2. The Kier molecular flexibility index (Phi) is 4.08. The smallest absolute Gasteiger partial charge is 0.221 e. The van der Waals surface area contributed by atoms with Gasteiger partial charge in [-0.3, -0.25) is 9.59 Å². The van der Waals surface area contributed by atoms with E-state index >= 15 is 0 Å². The van der Waals surface area contributed by atoms with Gasteiger partial charge in [-0.05, 0) is 26.3 Å². The summed E-state index contributed by atoms with van der Waals surface area (Å²) in [4.78, 5) is 22.4. The molecule has 0 aliphatic heterocycles. The van der Waals surface area contributed by atoms with Crippen LogP contribution < -0.4 is 16.4 Å². The number of amides is 2. The van der Waals surface area contributed by atoms with Gasteiger partial charge in [0.1, 0.15) is 0 Å². The average Bonchev–Trinajstić information content (AvgIpc) is 2.10. The molecule has 15 heavy (non-hydrogen) atoms. The van der Waals surface area contributed by atoms with Crippen molar-refractivity contribution >= 4 is 11.8 Å². The predicted molar refractivity (Wildman–Crippen MR) is 57.1 cm³/mol. The van der Waals surface area contributed by atoms with Gasteiger partial charge in [0.05, 0.1) is 0 Å². The molecule has 86 valence electrons. The normalized spacial score (nSPS) is 17.9. The minimum atomic E-state index is -0.344. The molecule has 4 N–H and O–H groups in total. The number of carbonyl (C=O) groups is 2. The lowest BCUT2D eigenvalue weighted by Crippen LogP contribution is -2.55. The topological polar surface area (TPSA) is 84.2 Å². The third-order valence-electron chi connectivity index (χ3n) is 2.83. The molecule has 1 rings (SSSR count). The maximum absolute atomic E-state index is 11.5. The van der Waals surface area contributed by atoms with E-state index in [-0.39, 0.29) is 23.8 Å². The fourth-order valence-electron chi connectivity index (χ4n) is 1.88. The number of primary amides is 1. The zero-order valence-electron chi connectivity index (χ0n) is 9.14. The molecule has 0 spiro atoms. The highest BCUT2D eigenvalue weighted by molar-refractivity contribution is 5.80. The molecule has 5 heteroatoms.